The van der Waals surface area contributed by atoms with Crippen LogP contribution in [0.15, 0.2) is 27.8 Å². The molecule has 102 valence electrons. The van der Waals surface area contributed by atoms with Crippen molar-refractivity contribution in [2.24, 2.45) is 7.05 Å². The van der Waals surface area contributed by atoms with Gasteiger partial charge in [-0.15, -0.1) is 5.10 Å². The van der Waals surface area contributed by atoms with Crippen LogP contribution in [-0.2, 0) is 17.1 Å². The monoisotopic (exact) mass is 349 g/mol. The van der Waals surface area contributed by atoms with Crippen LogP contribution in [-0.4, -0.2) is 23.4 Å². The van der Waals surface area contributed by atoms with Gasteiger partial charge in [0, 0.05) is 13.1 Å². The van der Waals surface area contributed by atoms with Crippen molar-refractivity contribution in [1.82, 2.24) is 15.0 Å². The van der Waals surface area contributed by atoms with Gasteiger partial charge in [0.1, 0.15) is 5.82 Å². The Bertz CT molecular complexity index is 711. The Morgan fingerprint density at radius 1 is 1.47 bits per heavy atom. The van der Waals surface area contributed by atoms with Crippen molar-refractivity contribution in [3.63, 3.8) is 0 Å². The third-order valence-corrected chi connectivity index (χ3v) is 4.50. The van der Waals surface area contributed by atoms with E-state index in [0.29, 0.717) is 0 Å². The number of benzene rings is 1. The van der Waals surface area contributed by atoms with E-state index < -0.39 is 15.8 Å². The van der Waals surface area contributed by atoms with Crippen LogP contribution < -0.4 is 10.5 Å². The number of anilines is 2. The molecule has 1 heterocycles. The van der Waals surface area contributed by atoms with Crippen LogP contribution in [0.4, 0.5) is 15.8 Å². The number of aromatic nitrogens is 3. The normalized spacial score (nSPS) is 11.5. The SMILES string of the molecule is Cn1nnc(Br)c1S(=O)(=O)Nc1cc(F)ccc1N. The van der Waals surface area contributed by atoms with Crippen LogP contribution >= 0.6 is 15.9 Å². The van der Waals surface area contributed by atoms with E-state index in [9.17, 15) is 12.8 Å². The van der Waals surface area contributed by atoms with Crippen molar-refractivity contribution in [2.45, 2.75) is 5.03 Å². The quantitative estimate of drug-likeness (QED) is 0.807. The van der Waals surface area contributed by atoms with Crippen LogP contribution in [0.5, 0.6) is 0 Å². The summed E-state index contributed by atoms with van der Waals surface area (Å²) in [6, 6.07) is 3.39. The summed E-state index contributed by atoms with van der Waals surface area (Å²) in [5, 5.41) is 6.94. The van der Waals surface area contributed by atoms with Gasteiger partial charge in [0.05, 0.1) is 11.4 Å². The minimum Gasteiger partial charge on any atom is -0.397 e. The molecule has 0 aliphatic heterocycles. The van der Waals surface area contributed by atoms with Crippen molar-refractivity contribution >= 4 is 37.3 Å². The van der Waals surface area contributed by atoms with Gasteiger partial charge in [-0.25, -0.2) is 9.07 Å². The predicted molar refractivity (Wildman–Crippen MR) is 70.3 cm³/mol. The molecule has 1 aromatic heterocycles. The molecule has 0 saturated heterocycles. The van der Waals surface area contributed by atoms with Gasteiger partial charge in [0.15, 0.2) is 4.60 Å². The number of halogens is 2. The number of nitrogen functional groups attached to an aromatic ring is 1. The third-order valence-electron chi connectivity index (χ3n) is 2.25. The number of aryl methyl sites for hydroxylation is 1. The molecule has 0 fully saturated rings. The average Bonchev–Trinajstić information content (AvgIpc) is 2.64. The first-order valence-electron chi connectivity index (χ1n) is 4.94. The van der Waals surface area contributed by atoms with Crippen LogP contribution in [0.3, 0.4) is 0 Å². The van der Waals surface area contributed by atoms with Gasteiger partial charge in [0.2, 0.25) is 5.03 Å². The number of nitrogens with zero attached hydrogens (tertiary/aromatic N) is 3. The van der Waals surface area contributed by atoms with Crippen molar-refractivity contribution in [3.05, 3.63) is 28.6 Å². The molecule has 0 atom stereocenters. The minimum absolute atomic E-state index is 0.0481. The molecule has 7 nitrogen and oxygen atoms in total. The Labute approximate surface area is 116 Å². The lowest BCUT2D eigenvalue weighted by Gasteiger charge is -2.10. The summed E-state index contributed by atoms with van der Waals surface area (Å²) in [5.41, 5.74) is 5.64. The molecule has 2 aromatic rings. The Hall–Kier alpha value is -1.68. The largest absolute Gasteiger partial charge is 0.397 e. The highest BCUT2D eigenvalue weighted by Gasteiger charge is 2.24. The summed E-state index contributed by atoms with van der Waals surface area (Å²) in [6.45, 7) is 0. The molecule has 0 aliphatic rings. The van der Waals surface area contributed by atoms with Gasteiger partial charge >= 0.3 is 0 Å². The lowest BCUT2D eigenvalue weighted by Crippen LogP contribution is -2.18. The highest BCUT2D eigenvalue weighted by Crippen LogP contribution is 2.25. The Morgan fingerprint density at radius 3 is 2.74 bits per heavy atom. The van der Waals surface area contributed by atoms with Gasteiger partial charge in [-0.1, -0.05) is 5.21 Å². The second kappa shape index (κ2) is 4.78. The highest BCUT2D eigenvalue weighted by atomic mass is 79.9. The van der Waals surface area contributed by atoms with E-state index in [-0.39, 0.29) is 21.0 Å². The van der Waals surface area contributed by atoms with Gasteiger partial charge in [0.25, 0.3) is 10.0 Å². The van der Waals surface area contributed by atoms with Crippen molar-refractivity contribution in [1.29, 1.82) is 0 Å². The summed E-state index contributed by atoms with van der Waals surface area (Å²) in [6.07, 6.45) is 0. The number of hydrogen-bond donors (Lipinski definition) is 2. The summed E-state index contributed by atoms with van der Waals surface area (Å²) in [7, 11) is -2.56. The number of nitrogens with two attached hydrogens (primary N) is 1. The van der Waals surface area contributed by atoms with Crippen molar-refractivity contribution in [3.8, 4) is 0 Å². The average molecular weight is 350 g/mol. The van der Waals surface area contributed by atoms with E-state index in [2.05, 4.69) is 31.0 Å². The van der Waals surface area contributed by atoms with E-state index in [1.54, 1.807) is 0 Å². The first kappa shape index (κ1) is 13.7. The zero-order valence-corrected chi connectivity index (χ0v) is 12.0. The molecule has 2 rings (SSSR count). The van der Waals surface area contributed by atoms with E-state index in [1.165, 1.54) is 13.1 Å². The van der Waals surface area contributed by atoms with Gasteiger partial charge in [-0.3, -0.25) is 4.72 Å². The molecule has 0 spiro atoms. The topological polar surface area (TPSA) is 103 Å². The zero-order valence-electron chi connectivity index (χ0n) is 9.63. The molecule has 1 aromatic carbocycles. The van der Waals surface area contributed by atoms with Crippen LogP contribution in [0.25, 0.3) is 0 Å². The maximum Gasteiger partial charge on any atom is 0.281 e. The molecule has 0 saturated carbocycles. The number of sulfonamides is 1. The fourth-order valence-electron chi connectivity index (χ4n) is 1.42. The Balaban J connectivity index is 2.45. The molecule has 0 unspecified atom stereocenters. The highest BCUT2D eigenvalue weighted by molar-refractivity contribution is 9.10. The predicted octanol–water partition coefficient (Wildman–Crippen LogP) is 1.10. The fraction of sp³-hybridized carbons (Fsp3) is 0.111. The maximum atomic E-state index is 13.1. The summed E-state index contributed by atoms with van der Waals surface area (Å²) in [4.78, 5) is 0. The zero-order chi connectivity index (χ0) is 14.2. The van der Waals surface area contributed by atoms with Crippen molar-refractivity contribution in [2.75, 3.05) is 10.5 Å². The summed E-state index contributed by atoms with van der Waals surface area (Å²) in [5.74, 6) is -0.603. The van der Waals surface area contributed by atoms with Gasteiger partial charge < -0.3 is 5.73 Å². The summed E-state index contributed by atoms with van der Waals surface area (Å²) < 4.78 is 40.7. The number of rotatable bonds is 3. The molecule has 0 bridgehead atoms. The molecular weight excluding hydrogens is 341 g/mol. The second-order valence-corrected chi connectivity index (χ2v) is 5.99. The summed E-state index contributed by atoms with van der Waals surface area (Å²) >= 11 is 2.98. The second-order valence-electron chi connectivity index (χ2n) is 3.65. The van der Waals surface area contributed by atoms with Gasteiger partial charge in [-0.05, 0) is 28.1 Å². The molecule has 19 heavy (non-hydrogen) atoms. The molecule has 0 amide bonds. The smallest absolute Gasteiger partial charge is 0.281 e. The standard InChI is InChI=1S/C9H9BrFN5O2S/c1-16-9(8(10)13-15-16)19(17,18)14-7-4-5(11)2-3-6(7)12/h2-4,14H,12H2,1H3. The molecule has 0 aliphatic carbocycles. The third kappa shape index (κ3) is 2.68. The van der Waals surface area contributed by atoms with E-state index in [4.69, 9.17) is 5.73 Å². The molecule has 10 heteroatoms. The van der Waals surface area contributed by atoms with Crippen LogP contribution in [0.2, 0.25) is 0 Å². The van der Waals surface area contributed by atoms with E-state index in [1.807, 2.05) is 0 Å². The molecular formula is C9H9BrFN5O2S. The Morgan fingerprint density at radius 2 is 2.16 bits per heavy atom. The molecule has 3 N–H and O–H groups in total. The van der Waals surface area contributed by atoms with Crippen LogP contribution in [0.1, 0.15) is 0 Å². The Kier molecular flexibility index (Phi) is 3.45. The van der Waals surface area contributed by atoms with Crippen LogP contribution in [0, 0.1) is 5.82 Å². The molecule has 0 radical (unpaired) electrons. The lowest BCUT2D eigenvalue weighted by molar-refractivity contribution is 0.578. The van der Waals surface area contributed by atoms with Crippen molar-refractivity contribution < 1.29 is 12.8 Å². The minimum atomic E-state index is -3.98. The number of hydrogen-bond acceptors (Lipinski definition) is 5. The lowest BCUT2D eigenvalue weighted by atomic mass is 10.3. The first-order chi connectivity index (χ1) is 8.81. The first-order valence-corrected chi connectivity index (χ1v) is 7.22. The maximum absolute atomic E-state index is 13.1. The van der Waals surface area contributed by atoms with E-state index >= 15 is 0 Å². The van der Waals surface area contributed by atoms with Gasteiger partial charge in [-0.2, -0.15) is 8.42 Å². The van der Waals surface area contributed by atoms with E-state index in [0.717, 1.165) is 16.8 Å². The fourth-order valence-corrected chi connectivity index (χ4v) is 3.59. The number of nitrogens with one attached hydrogen (secondary N) is 1.